The van der Waals surface area contributed by atoms with E-state index in [0.29, 0.717) is 6.61 Å². The van der Waals surface area contributed by atoms with E-state index in [1.165, 1.54) is 16.7 Å². The Morgan fingerprint density at radius 1 is 1.21 bits per heavy atom. The van der Waals surface area contributed by atoms with Crippen LogP contribution in [0, 0.1) is 13.8 Å². The molecule has 3 N–H and O–H groups in total. The van der Waals surface area contributed by atoms with Crippen LogP contribution in [0.3, 0.4) is 0 Å². The summed E-state index contributed by atoms with van der Waals surface area (Å²) in [5, 5.41) is 0. The van der Waals surface area contributed by atoms with Gasteiger partial charge in [-0.05, 0) is 44.7 Å². The third kappa shape index (κ3) is 3.35. The van der Waals surface area contributed by atoms with Gasteiger partial charge in [-0.1, -0.05) is 37.6 Å². The zero-order valence-electron chi connectivity index (χ0n) is 12.9. The predicted molar refractivity (Wildman–Crippen MR) is 80.9 cm³/mol. The van der Waals surface area contributed by atoms with Crippen molar-refractivity contribution in [2.24, 2.45) is 5.84 Å². The van der Waals surface area contributed by atoms with Crippen molar-refractivity contribution in [2.45, 2.75) is 59.1 Å². The number of hydrogen-bond acceptors (Lipinski definition) is 3. The molecule has 0 aromatic heterocycles. The first-order chi connectivity index (χ1) is 9.04. The van der Waals surface area contributed by atoms with E-state index in [9.17, 15) is 0 Å². The van der Waals surface area contributed by atoms with E-state index in [0.717, 1.165) is 12.8 Å². The Morgan fingerprint density at radius 2 is 1.84 bits per heavy atom. The molecular formula is C16H28N2O. The Bertz CT molecular complexity index is 400. The van der Waals surface area contributed by atoms with Gasteiger partial charge in [0, 0.05) is 6.61 Å². The lowest BCUT2D eigenvalue weighted by molar-refractivity contribution is -0.0735. The normalized spacial score (nSPS) is 13.6. The van der Waals surface area contributed by atoms with E-state index in [-0.39, 0.29) is 11.6 Å². The first-order valence-corrected chi connectivity index (χ1v) is 7.21. The topological polar surface area (TPSA) is 47.3 Å². The summed E-state index contributed by atoms with van der Waals surface area (Å²) < 4.78 is 6.08. The van der Waals surface area contributed by atoms with Crippen LogP contribution < -0.4 is 11.3 Å². The highest BCUT2D eigenvalue weighted by Gasteiger charge is 2.37. The maximum Gasteiger partial charge on any atom is 0.0883 e. The molecule has 1 aromatic carbocycles. The fraction of sp³-hybridized carbons (Fsp3) is 0.625. The summed E-state index contributed by atoms with van der Waals surface area (Å²) in [6.07, 6.45) is 1.86. The van der Waals surface area contributed by atoms with Gasteiger partial charge >= 0.3 is 0 Å². The van der Waals surface area contributed by atoms with E-state index < -0.39 is 0 Å². The van der Waals surface area contributed by atoms with Gasteiger partial charge in [0.05, 0.1) is 11.6 Å². The van der Waals surface area contributed by atoms with Gasteiger partial charge in [-0.15, -0.1) is 0 Å². The fourth-order valence-corrected chi connectivity index (χ4v) is 2.91. The summed E-state index contributed by atoms with van der Waals surface area (Å²) in [7, 11) is 0. The van der Waals surface area contributed by atoms with Gasteiger partial charge in [-0.2, -0.15) is 0 Å². The summed E-state index contributed by atoms with van der Waals surface area (Å²) in [5.41, 5.74) is 6.49. The lowest BCUT2D eigenvalue weighted by Crippen LogP contribution is -2.48. The number of aryl methyl sites for hydroxylation is 2. The third-order valence-corrected chi connectivity index (χ3v) is 4.06. The molecule has 1 rings (SSSR count). The molecule has 3 nitrogen and oxygen atoms in total. The number of benzene rings is 1. The fourth-order valence-electron chi connectivity index (χ4n) is 2.91. The highest BCUT2D eigenvalue weighted by molar-refractivity contribution is 5.34. The average Bonchev–Trinajstić information content (AvgIpc) is 2.40. The van der Waals surface area contributed by atoms with E-state index >= 15 is 0 Å². The van der Waals surface area contributed by atoms with E-state index in [1.54, 1.807) is 0 Å². The van der Waals surface area contributed by atoms with Crippen molar-refractivity contribution in [3.63, 3.8) is 0 Å². The molecule has 1 atom stereocenters. The summed E-state index contributed by atoms with van der Waals surface area (Å²) in [6, 6.07) is 6.51. The molecule has 0 aliphatic carbocycles. The van der Waals surface area contributed by atoms with Crippen molar-refractivity contribution < 1.29 is 4.74 Å². The molecule has 0 heterocycles. The second-order valence-corrected chi connectivity index (χ2v) is 5.16. The van der Waals surface area contributed by atoms with Crippen molar-refractivity contribution in [1.29, 1.82) is 0 Å². The summed E-state index contributed by atoms with van der Waals surface area (Å²) >= 11 is 0. The first-order valence-electron chi connectivity index (χ1n) is 7.21. The Balaban J connectivity index is 3.23. The van der Waals surface area contributed by atoms with Crippen LogP contribution in [0.1, 0.15) is 56.3 Å². The van der Waals surface area contributed by atoms with Crippen LogP contribution in [0.2, 0.25) is 0 Å². The molecule has 1 unspecified atom stereocenters. The van der Waals surface area contributed by atoms with Gasteiger partial charge in [-0.25, -0.2) is 0 Å². The van der Waals surface area contributed by atoms with Gasteiger partial charge in [-0.3, -0.25) is 11.3 Å². The predicted octanol–water partition coefficient (Wildman–Crippen LogP) is 3.40. The molecule has 3 heteroatoms. The van der Waals surface area contributed by atoms with Crippen LogP contribution in [-0.4, -0.2) is 12.2 Å². The number of nitrogens with one attached hydrogen (secondary N) is 1. The van der Waals surface area contributed by atoms with Crippen LogP contribution in [0.15, 0.2) is 18.2 Å². The lowest BCUT2D eigenvalue weighted by atomic mass is 9.82. The Morgan fingerprint density at radius 3 is 2.26 bits per heavy atom. The van der Waals surface area contributed by atoms with Gasteiger partial charge in [0.15, 0.2) is 0 Å². The minimum absolute atomic E-state index is 0.0167. The van der Waals surface area contributed by atoms with E-state index in [1.807, 2.05) is 6.92 Å². The van der Waals surface area contributed by atoms with E-state index in [2.05, 4.69) is 51.3 Å². The molecule has 0 fully saturated rings. The summed E-state index contributed by atoms with van der Waals surface area (Å²) in [5.74, 6) is 5.85. The maximum atomic E-state index is 6.08. The van der Waals surface area contributed by atoms with Crippen molar-refractivity contribution in [3.05, 3.63) is 34.9 Å². The third-order valence-electron chi connectivity index (χ3n) is 4.06. The molecule has 0 saturated carbocycles. The molecule has 0 amide bonds. The van der Waals surface area contributed by atoms with Crippen LogP contribution in [0.25, 0.3) is 0 Å². The van der Waals surface area contributed by atoms with Crippen molar-refractivity contribution in [3.8, 4) is 0 Å². The van der Waals surface area contributed by atoms with Gasteiger partial charge in [0.25, 0.3) is 0 Å². The number of nitrogens with two attached hydrogens (primary N) is 1. The standard InChI is InChI=1S/C16H28N2O/c1-6-16(7-2,19-8-3)15(18-17)14-10-9-12(4)11-13(14)5/h9-11,15,18H,6-8,17H2,1-5H3. The van der Waals surface area contributed by atoms with Gasteiger partial charge < -0.3 is 4.74 Å². The van der Waals surface area contributed by atoms with Crippen LogP contribution in [-0.2, 0) is 4.74 Å². The largest absolute Gasteiger partial charge is 0.373 e. The molecule has 0 radical (unpaired) electrons. The Kier molecular flexibility index (Phi) is 5.98. The van der Waals surface area contributed by atoms with Crippen LogP contribution in [0.4, 0.5) is 0 Å². The van der Waals surface area contributed by atoms with Crippen molar-refractivity contribution in [2.75, 3.05) is 6.61 Å². The number of rotatable bonds is 7. The number of hydrogen-bond donors (Lipinski definition) is 2. The minimum Gasteiger partial charge on any atom is -0.373 e. The average molecular weight is 264 g/mol. The Labute approximate surface area is 117 Å². The molecule has 108 valence electrons. The van der Waals surface area contributed by atoms with Gasteiger partial charge in [0.1, 0.15) is 0 Å². The van der Waals surface area contributed by atoms with Crippen molar-refractivity contribution >= 4 is 0 Å². The second-order valence-electron chi connectivity index (χ2n) is 5.16. The van der Waals surface area contributed by atoms with Crippen molar-refractivity contribution in [1.82, 2.24) is 5.43 Å². The highest BCUT2D eigenvalue weighted by Crippen LogP contribution is 2.36. The zero-order chi connectivity index (χ0) is 14.5. The van der Waals surface area contributed by atoms with E-state index in [4.69, 9.17) is 10.6 Å². The molecule has 0 saturated heterocycles. The number of hydrazine groups is 1. The molecule has 0 bridgehead atoms. The maximum absolute atomic E-state index is 6.08. The van der Waals surface area contributed by atoms with Crippen LogP contribution >= 0.6 is 0 Å². The smallest absolute Gasteiger partial charge is 0.0883 e. The molecule has 1 aromatic rings. The lowest BCUT2D eigenvalue weighted by Gasteiger charge is -2.40. The SMILES string of the molecule is CCOC(CC)(CC)C(NN)c1ccc(C)cc1C. The Hall–Kier alpha value is -0.900. The first kappa shape index (κ1) is 16.2. The molecule has 0 aliphatic heterocycles. The summed E-state index contributed by atoms with van der Waals surface area (Å²) in [6.45, 7) is 11.3. The molecule has 19 heavy (non-hydrogen) atoms. The highest BCUT2D eigenvalue weighted by atomic mass is 16.5. The zero-order valence-corrected chi connectivity index (χ0v) is 12.9. The van der Waals surface area contributed by atoms with Crippen LogP contribution in [0.5, 0.6) is 0 Å². The molecular weight excluding hydrogens is 236 g/mol. The molecule has 0 aliphatic rings. The quantitative estimate of drug-likeness (QED) is 0.586. The molecule has 0 spiro atoms. The number of ether oxygens (including phenoxy) is 1. The second kappa shape index (κ2) is 7.04. The minimum atomic E-state index is -0.247. The summed E-state index contributed by atoms with van der Waals surface area (Å²) in [4.78, 5) is 0. The van der Waals surface area contributed by atoms with Gasteiger partial charge in [0.2, 0.25) is 0 Å². The monoisotopic (exact) mass is 264 g/mol.